The van der Waals surface area contributed by atoms with E-state index in [-0.39, 0.29) is 23.8 Å². The van der Waals surface area contributed by atoms with Gasteiger partial charge in [0.05, 0.1) is 18.0 Å². The number of amides is 1. The van der Waals surface area contributed by atoms with E-state index in [1.807, 2.05) is 30.3 Å². The Balaban J connectivity index is 1.76. The molecule has 0 saturated carbocycles. The Morgan fingerprint density at radius 3 is 2.55 bits per heavy atom. The highest BCUT2D eigenvalue weighted by atomic mass is 32.1. The number of hydrogen-bond acceptors (Lipinski definition) is 4. The summed E-state index contributed by atoms with van der Waals surface area (Å²) in [7, 11) is 0. The number of aromatic carboxylic acids is 1. The Hall–Kier alpha value is -2.34. The smallest absolute Gasteiger partial charge is 0.345 e. The molecule has 20 heavy (non-hydrogen) atoms. The van der Waals surface area contributed by atoms with Crippen LogP contribution >= 0.6 is 11.3 Å². The fourth-order valence-corrected chi connectivity index (χ4v) is 2.26. The van der Waals surface area contributed by atoms with Crippen LogP contribution in [-0.2, 0) is 4.79 Å². The van der Waals surface area contributed by atoms with Crippen molar-refractivity contribution in [1.29, 1.82) is 0 Å². The van der Waals surface area contributed by atoms with Crippen molar-refractivity contribution in [2.24, 2.45) is 0 Å². The van der Waals surface area contributed by atoms with Crippen LogP contribution in [0.4, 0.5) is 5.00 Å². The zero-order valence-corrected chi connectivity index (χ0v) is 11.4. The van der Waals surface area contributed by atoms with Crippen molar-refractivity contribution in [2.45, 2.75) is 6.42 Å². The maximum absolute atomic E-state index is 11.6. The Morgan fingerprint density at radius 1 is 1.15 bits per heavy atom. The number of ether oxygens (including phenoxy) is 1. The maximum Gasteiger partial charge on any atom is 0.345 e. The van der Waals surface area contributed by atoms with Gasteiger partial charge in [-0.25, -0.2) is 4.79 Å². The summed E-state index contributed by atoms with van der Waals surface area (Å²) >= 11 is 1.03. The molecular formula is C14H13NO4S. The molecule has 2 N–H and O–H groups in total. The minimum atomic E-state index is -0.997. The van der Waals surface area contributed by atoms with Crippen molar-refractivity contribution >= 4 is 28.2 Å². The second-order valence-electron chi connectivity index (χ2n) is 3.93. The summed E-state index contributed by atoms with van der Waals surface area (Å²) in [6.07, 6.45) is 0.204. The third-order valence-electron chi connectivity index (χ3n) is 2.42. The predicted octanol–water partition coefficient (Wildman–Crippen LogP) is 2.85. The second-order valence-corrected chi connectivity index (χ2v) is 5.01. The summed E-state index contributed by atoms with van der Waals surface area (Å²) in [5, 5.41) is 11.9. The summed E-state index contributed by atoms with van der Waals surface area (Å²) in [4.78, 5) is 22.6. The number of benzene rings is 1. The molecule has 1 aromatic carbocycles. The topological polar surface area (TPSA) is 75.6 Å². The van der Waals surface area contributed by atoms with Crippen LogP contribution in [0.1, 0.15) is 16.1 Å². The van der Waals surface area contributed by atoms with Crippen LogP contribution in [0.2, 0.25) is 0 Å². The minimum Gasteiger partial charge on any atom is -0.493 e. The quantitative estimate of drug-likeness (QED) is 0.858. The van der Waals surface area contributed by atoms with Gasteiger partial charge in [-0.1, -0.05) is 18.2 Å². The van der Waals surface area contributed by atoms with Crippen molar-refractivity contribution < 1.29 is 19.4 Å². The van der Waals surface area contributed by atoms with Gasteiger partial charge in [-0.15, -0.1) is 11.3 Å². The standard InChI is InChI=1S/C14H13NO4S/c16-12(8-9-19-10-4-2-1-3-5-10)15-13-7-6-11(20-13)14(17)18/h1-7H,8-9H2,(H,15,16)(H,17,18). The van der Waals surface area contributed by atoms with E-state index in [0.29, 0.717) is 10.8 Å². The summed E-state index contributed by atoms with van der Waals surface area (Å²) in [6, 6.07) is 12.3. The van der Waals surface area contributed by atoms with Crippen molar-refractivity contribution in [3.8, 4) is 5.75 Å². The number of carboxylic acid groups (broad SMARTS) is 1. The van der Waals surface area contributed by atoms with Gasteiger partial charge in [-0.2, -0.15) is 0 Å². The zero-order valence-electron chi connectivity index (χ0n) is 10.5. The summed E-state index contributed by atoms with van der Waals surface area (Å²) in [6.45, 7) is 0.271. The van der Waals surface area contributed by atoms with Gasteiger partial charge in [-0.05, 0) is 24.3 Å². The summed E-state index contributed by atoms with van der Waals surface area (Å²) in [5.74, 6) is -0.493. The van der Waals surface area contributed by atoms with Gasteiger partial charge in [0.15, 0.2) is 0 Å². The van der Waals surface area contributed by atoms with Crippen LogP contribution in [0, 0.1) is 0 Å². The van der Waals surface area contributed by atoms with E-state index in [2.05, 4.69) is 5.32 Å². The maximum atomic E-state index is 11.6. The van der Waals surface area contributed by atoms with Crippen LogP contribution in [0.3, 0.4) is 0 Å². The molecule has 0 spiro atoms. The van der Waals surface area contributed by atoms with Crippen LogP contribution in [-0.4, -0.2) is 23.6 Å². The molecule has 0 aliphatic carbocycles. The first-order valence-electron chi connectivity index (χ1n) is 5.96. The van der Waals surface area contributed by atoms with Crippen LogP contribution in [0.25, 0.3) is 0 Å². The Bertz CT molecular complexity index is 594. The van der Waals surface area contributed by atoms with Gasteiger partial charge in [0.2, 0.25) is 5.91 Å². The lowest BCUT2D eigenvalue weighted by atomic mass is 10.3. The summed E-state index contributed by atoms with van der Waals surface area (Å²) < 4.78 is 5.41. The highest BCUT2D eigenvalue weighted by Crippen LogP contribution is 2.21. The van der Waals surface area contributed by atoms with Crippen LogP contribution < -0.4 is 10.1 Å². The first-order valence-corrected chi connectivity index (χ1v) is 6.77. The molecule has 0 radical (unpaired) electrons. The number of para-hydroxylation sites is 1. The van der Waals surface area contributed by atoms with Gasteiger partial charge in [-0.3, -0.25) is 4.79 Å². The number of anilines is 1. The molecular weight excluding hydrogens is 278 g/mol. The lowest BCUT2D eigenvalue weighted by Crippen LogP contribution is -2.14. The predicted molar refractivity (Wildman–Crippen MR) is 76.5 cm³/mol. The third kappa shape index (κ3) is 4.10. The first-order chi connectivity index (χ1) is 9.65. The average molecular weight is 291 g/mol. The van der Waals surface area contributed by atoms with Crippen molar-refractivity contribution in [1.82, 2.24) is 0 Å². The number of nitrogens with one attached hydrogen (secondary N) is 1. The molecule has 2 aromatic rings. The number of carbonyl (C=O) groups is 2. The van der Waals surface area contributed by atoms with Gasteiger partial charge < -0.3 is 15.2 Å². The number of rotatable bonds is 6. The van der Waals surface area contributed by atoms with Gasteiger partial charge in [0.1, 0.15) is 10.6 Å². The highest BCUT2D eigenvalue weighted by Gasteiger charge is 2.09. The Morgan fingerprint density at radius 2 is 1.90 bits per heavy atom. The molecule has 1 amide bonds. The molecule has 0 saturated heterocycles. The fourth-order valence-electron chi connectivity index (χ4n) is 1.50. The largest absolute Gasteiger partial charge is 0.493 e. The molecule has 5 nitrogen and oxygen atoms in total. The van der Waals surface area contributed by atoms with Gasteiger partial charge in [0.25, 0.3) is 0 Å². The van der Waals surface area contributed by atoms with Gasteiger partial charge >= 0.3 is 5.97 Å². The average Bonchev–Trinajstić information content (AvgIpc) is 2.88. The first kappa shape index (κ1) is 14.1. The van der Waals surface area contributed by atoms with Crippen molar-refractivity contribution in [3.63, 3.8) is 0 Å². The number of hydrogen-bond donors (Lipinski definition) is 2. The number of thiophene rings is 1. The van der Waals surface area contributed by atoms with E-state index in [1.54, 1.807) is 6.07 Å². The van der Waals surface area contributed by atoms with E-state index in [1.165, 1.54) is 6.07 Å². The highest BCUT2D eigenvalue weighted by molar-refractivity contribution is 7.18. The van der Waals surface area contributed by atoms with Crippen molar-refractivity contribution in [3.05, 3.63) is 47.3 Å². The van der Waals surface area contributed by atoms with Crippen LogP contribution in [0.15, 0.2) is 42.5 Å². The van der Waals surface area contributed by atoms with E-state index in [0.717, 1.165) is 11.3 Å². The zero-order chi connectivity index (χ0) is 14.4. The lowest BCUT2D eigenvalue weighted by Gasteiger charge is -2.05. The molecule has 1 heterocycles. The minimum absolute atomic E-state index is 0.195. The molecule has 0 aliphatic heterocycles. The van der Waals surface area contributed by atoms with E-state index < -0.39 is 5.97 Å². The molecule has 0 atom stereocenters. The lowest BCUT2D eigenvalue weighted by molar-refractivity contribution is -0.116. The Kier molecular flexibility index (Phi) is 4.73. The SMILES string of the molecule is O=C(CCOc1ccccc1)Nc1ccc(C(=O)O)s1. The molecule has 2 rings (SSSR count). The summed E-state index contributed by atoms with van der Waals surface area (Å²) in [5.41, 5.74) is 0. The third-order valence-corrected chi connectivity index (χ3v) is 3.41. The number of carboxylic acids is 1. The molecule has 104 valence electrons. The van der Waals surface area contributed by atoms with E-state index in [4.69, 9.17) is 9.84 Å². The van der Waals surface area contributed by atoms with E-state index in [9.17, 15) is 9.59 Å². The molecule has 0 aliphatic rings. The monoisotopic (exact) mass is 291 g/mol. The number of carbonyl (C=O) groups excluding carboxylic acids is 1. The van der Waals surface area contributed by atoms with E-state index >= 15 is 0 Å². The van der Waals surface area contributed by atoms with Gasteiger partial charge in [0, 0.05) is 0 Å². The Labute approximate surface area is 119 Å². The normalized spacial score (nSPS) is 10.0. The second kappa shape index (κ2) is 6.72. The molecule has 1 aromatic heterocycles. The van der Waals surface area contributed by atoms with Crippen molar-refractivity contribution in [2.75, 3.05) is 11.9 Å². The molecule has 0 unspecified atom stereocenters. The fraction of sp³-hybridized carbons (Fsp3) is 0.143. The molecule has 0 fully saturated rings. The van der Waals surface area contributed by atoms with Crippen LogP contribution in [0.5, 0.6) is 5.75 Å². The molecule has 0 bridgehead atoms. The molecule has 6 heteroatoms.